The lowest BCUT2D eigenvalue weighted by molar-refractivity contribution is 0.0642. The van der Waals surface area contributed by atoms with E-state index in [0.29, 0.717) is 6.04 Å². The zero-order valence-corrected chi connectivity index (χ0v) is 12.4. The summed E-state index contributed by atoms with van der Waals surface area (Å²) in [6.45, 7) is 12.1. The first kappa shape index (κ1) is 14.3. The summed E-state index contributed by atoms with van der Waals surface area (Å²) in [7, 11) is 0. The molecule has 4 nitrogen and oxygen atoms in total. The smallest absolute Gasteiger partial charge is 0.0694 e. The molecule has 0 aromatic carbocycles. The maximum Gasteiger partial charge on any atom is 0.0694 e. The first-order valence-electron chi connectivity index (χ1n) is 7.02. The number of rotatable bonds is 4. The fraction of sp³-hybridized carbons (Fsp3) is 0.667. The van der Waals surface area contributed by atoms with Crippen LogP contribution in [0.4, 0.5) is 5.69 Å². The SMILES string of the molecule is CC(C)NCc1ccncc1N1CCOCC1(C)C. The molecule has 1 fully saturated rings. The van der Waals surface area contributed by atoms with Crippen molar-refractivity contribution >= 4 is 5.69 Å². The van der Waals surface area contributed by atoms with Crippen LogP contribution in [0, 0.1) is 0 Å². The summed E-state index contributed by atoms with van der Waals surface area (Å²) in [5, 5.41) is 3.48. The minimum Gasteiger partial charge on any atom is -0.377 e. The molecule has 1 aromatic rings. The molecule has 0 saturated carbocycles. The third-order valence-corrected chi connectivity index (χ3v) is 3.52. The lowest BCUT2D eigenvalue weighted by Crippen LogP contribution is -2.53. The molecule has 1 aliphatic rings. The Morgan fingerprint density at radius 2 is 2.26 bits per heavy atom. The van der Waals surface area contributed by atoms with Crippen molar-refractivity contribution in [3.05, 3.63) is 24.0 Å². The van der Waals surface area contributed by atoms with E-state index in [0.717, 1.165) is 26.3 Å². The highest BCUT2D eigenvalue weighted by molar-refractivity contribution is 5.54. The van der Waals surface area contributed by atoms with E-state index in [9.17, 15) is 0 Å². The molecule has 4 heteroatoms. The molecule has 0 amide bonds. The van der Waals surface area contributed by atoms with Crippen LogP contribution in [0.5, 0.6) is 0 Å². The zero-order valence-electron chi connectivity index (χ0n) is 12.4. The normalized spacial score (nSPS) is 18.9. The first-order chi connectivity index (χ1) is 9.00. The highest BCUT2D eigenvalue weighted by Crippen LogP contribution is 2.29. The Morgan fingerprint density at radius 3 is 2.95 bits per heavy atom. The van der Waals surface area contributed by atoms with Crippen molar-refractivity contribution in [3.8, 4) is 0 Å². The van der Waals surface area contributed by atoms with Gasteiger partial charge in [-0.3, -0.25) is 4.98 Å². The highest BCUT2D eigenvalue weighted by Gasteiger charge is 2.31. The second-order valence-corrected chi connectivity index (χ2v) is 6.06. The molecule has 1 aliphatic heterocycles. The number of ether oxygens (including phenoxy) is 1. The van der Waals surface area contributed by atoms with Gasteiger partial charge in [0, 0.05) is 25.3 Å². The van der Waals surface area contributed by atoms with E-state index in [-0.39, 0.29) is 5.54 Å². The van der Waals surface area contributed by atoms with Crippen LogP contribution < -0.4 is 10.2 Å². The van der Waals surface area contributed by atoms with Crippen LogP contribution in [-0.4, -0.2) is 36.3 Å². The van der Waals surface area contributed by atoms with E-state index >= 15 is 0 Å². The zero-order chi connectivity index (χ0) is 13.9. The van der Waals surface area contributed by atoms with E-state index in [1.807, 2.05) is 12.4 Å². The molecule has 0 bridgehead atoms. The van der Waals surface area contributed by atoms with Crippen LogP contribution in [-0.2, 0) is 11.3 Å². The predicted molar refractivity (Wildman–Crippen MR) is 78.5 cm³/mol. The third kappa shape index (κ3) is 3.45. The highest BCUT2D eigenvalue weighted by atomic mass is 16.5. The van der Waals surface area contributed by atoms with Gasteiger partial charge in [0.25, 0.3) is 0 Å². The number of aromatic nitrogens is 1. The third-order valence-electron chi connectivity index (χ3n) is 3.52. The van der Waals surface area contributed by atoms with Gasteiger partial charge in [-0.25, -0.2) is 0 Å². The van der Waals surface area contributed by atoms with Crippen molar-refractivity contribution in [2.24, 2.45) is 0 Å². The molecule has 0 unspecified atom stereocenters. The predicted octanol–water partition coefficient (Wildman–Crippen LogP) is 2.19. The van der Waals surface area contributed by atoms with Crippen LogP contribution in [0.1, 0.15) is 33.3 Å². The summed E-state index contributed by atoms with van der Waals surface area (Å²) >= 11 is 0. The van der Waals surface area contributed by atoms with Gasteiger partial charge in [0.1, 0.15) is 0 Å². The molecule has 2 heterocycles. The molecule has 0 atom stereocenters. The van der Waals surface area contributed by atoms with Gasteiger partial charge in [0.05, 0.1) is 30.6 Å². The van der Waals surface area contributed by atoms with Gasteiger partial charge in [0.15, 0.2) is 0 Å². The lowest BCUT2D eigenvalue weighted by atomic mass is 10.0. The molecule has 0 aliphatic carbocycles. The van der Waals surface area contributed by atoms with Crippen molar-refractivity contribution in [1.82, 2.24) is 10.3 Å². The number of nitrogens with zero attached hydrogens (tertiary/aromatic N) is 2. The molecule has 106 valence electrons. The fourth-order valence-electron chi connectivity index (χ4n) is 2.43. The molecule has 2 rings (SSSR count). The topological polar surface area (TPSA) is 37.4 Å². The quantitative estimate of drug-likeness (QED) is 0.903. The Morgan fingerprint density at radius 1 is 1.47 bits per heavy atom. The van der Waals surface area contributed by atoms with E-state index in [2.05, 4.69) is 49.0 Å². The number of anilines is 1. The average Bonchev–Trinajstić information content (AvgIpc) is 2.36. The van der Waals surface area contributed by atoms with Crippen molar-refractivity contribution in [2.45, 2.75) is 45.8 Å². The van der Waals surface area contributed by atoms with Gasteiger partial charge in [-0.15, -0.1) is 0 Å². The van der Waals surface area contributed by atoms with Gasteiger partial charge >= 0.3 is 0 Å². The van der Waals surface area contributed by atoms with Crippen molar-refractivity contribution in [3.63, 3.8) is 0 Å². The van der Waals surface area contributed by atoms with E-state index in [1.54, 1.807) is 0 Å². The molecule has 1 N–H and O–H groups in total. The van der Waals surface area contributed by atoms with Gasteiger partial charge < -0.3 is 15.0 Å². The summed E-state index contributed by atoms with van der Waals surface area (Å²) in [6, 6.07) is 2.59. The van der Waals surface area contributed by atoms with Crippen LogP contribution in [0.3, 0.4) is 0 Å². The molecule has 1 saturated heterocycles. The Kier molecular flexibility index (Phi) is 4.42. The number of nitrogens with one attached hydrogen (secondary N) is 1. The minimum absolute atomic E-state index is 0.0217. The van der Waals surface area contributed by atoms with Crippen LogP contribution in [0.15, 0.2) is 18.5 Å². The van der Waals surface area contributed by atoms with Gasteiger partial charge in [-0.2, -0.15) is 0 Å². The Bertz CT molecular complexity index is 418. The largest absolute Gasteiger partial charge is 0.377 e. The van der Waals surface area contributed by atoms with E-state index in [1.165, 1.54) is 11.3 Å². The van der Waals surface area contributed by atoms with Crippen molar-refractivity contribution in [1.29, 1.82) is 0 Å². The summed E-state index contributed by atoms with van der Waals surface area (Å²) in [6.07, 6.45) is 3.85. The molecule has 0 radical (unpaired) electrons. The maximum absolute atomic E-state index is 5.60. The monoisotopic (exact) mass is 263 g/mol. The van der Waals surface area contributed by atoms with Gasteiger partial charge in [-0.05, 0) is 25.5 Å². The maximum atomic E-state index is 5.60. The lowest BCUT2D eigenvalue weighted by Gasteiger charge is -2.44. The number of pyridine rings is 1. The first-order valence-corrected chi connectivity index (χ1v) is 7.02. The molecule has 19 heavy (non-hydrogen) atoms. The Labute approximate surface area is 116 Å². The van der Waals surface area contributed by atoms with Crippen LogP contribution in [0.25, 0.3) is 0 Å². The second-order valence-electron chi connectivity index (χ2n) is 6.06. The summed E-state index contributed by atoms with van der Waals surface area (Å²) in [5.74, 6) is 0. The fourth-order valence-corrected chi connectivity index (χ4v) is 2.43. The molecular weight excluding hydrogens is 238 g/mol. The summed E-state index contributed by atoms with van der Waals surface area (Å²) in [4.78, 5) is 6.72. The summed E-state index contributed by atoms with van der Waals surface area (Å²) < 4.78 is 5.60. The molecular formula is C15H25N3O. The second kappa shape index (κ2) is 5.88. The standard InChI is InChI=1S/C15H25N3O/c1-12(2)17-9-13-5-6-16-10-14(13)18-7-8-19-11-15(18,3)4/h5-6,10,12,17H,7-9,11H2,1-4H3. The summed E-state index contributed by atoms with van der Waals surface area (Å²) in [5.41, 5.74) is 2.55. The number of hydrogen-bond donors (Lipinski definition) is 1. The van der Waals surface area contributed by atoms with E-state index in [4.69, 9.17) is 4.74 Å². The number of hydrogen-bond acceptors (Lipinski definition) is 4. The number of morpholine rings is 1. The minimum atomic E-state index is 0.0217. The van der Waals surface area contributed by atoms with Crippen molar-refractivity contribution in [2.75, 3.05) is 24.7 Å². The van der Waals surface area contributed by atoms with E-state index < -0.39 is 0 Å². The van der Waals surface area contributed by atoms with Gasteiger partial charge in [0.2, 0.25) is 0 Å². The van der Waals surface area contributed by atoms with Crippen molar-refractivity contribution < 1.29 is 4.74 Å². The Balaban J connectivity index is 2.23. The van der Waals surface area contributed by atoms with Crippen LogP contribution >= 0.6 is 0 Å². The molecule has 0 spiro atoms. The average molecular weight is 263 g/mol. The van der Waals surface area contributed by atoms with Gasteiger partial charge in [-0.1, -0.05) is 13.8 Å². The Hall–Kier alpha value is -1.13. The molecule has 1 aromatic heterocycles. The van der Waals surface area contributed by atoms with Crippen LogP contribution in [0.2, 0.25) is 0 Å².